The highest BCUT2D eigenvalue weighted by Crippen LogP contribution is 2.33. The van der Waals surface area contributed by atoms with E-state index in [2.05, 4.69) is 12.5 Å². The maximum Gasteiger partial charge on any atom is 0.106 e. The maximum absolute atomic E-state index is 5.30. The summed E-state index contributed by atoms with van der Waals surface area (Å²) >= 11 is 0. The topological polar surface area (TPSA) is 13.1 Å². The van der Waals surface area contributed by atoms with Crippen molar-refractivity contribution in [3.8, 4) is 0 Å². The molecule has 1 unspecified atom stereocenters. The Bertz CT molecular complexity index is 183. The summed E-state index contributed by atoms with van der Waals surface area (Å²) < 4.78 is 5.30. The maximum atomic E-state index is 5.30. The Morgan fingerprint density at radius 2 is 2.50 bits per heavy atom. The standard InChI is InChI=1S/C9H11O/c1-2-5-8(4-1)9-6-3-7-10-9/h1,3,6-8H,2,4-5H2. The Morgan fingerprint density at radius 3 is 3.10 bits per heavy atom. The lowest BCUT2D eigenvalue weighted by atomic mass is 10.1. The minimum atomic E-state index is 0.676. The fourth-order valence-electron chi connectivity index (χ4n) is 1.54. The van der Waals surface area contributed by atoms with Crippen molar-refractivity contribution in [3.63, 3.8) is 0 Å². The summed E-state index contributed by atoms with van der Waals surface area (Å²) in [6.45, 7) is 0. The minimum Gasteiger partial charge on any atom is -0.469 e. The predicted molar refractivity (Wildman–Crippen MR) is 39.6 cm³/mol. The van der Waals surface area contributed by atoms with Crippen LogP contribution in [0.2, 0.25) is 0 Å². The molecule has 0 bridgehead atoms. The summed E-state index contributed by atoms with van der Waals surface area (Å²) in [5.74, 6) is 1.84. The van der Waals surface area contributed by atoms with Crippen molar-refractivity contribution >= 4 is 0 Å². The molecule has 1 heterocycles. The SMILES string of the molecule is [CH]1CCC(c2ccco2)C1. The van der Waals surface area contributed by atoms with Gasteiger partial charge in [0, 0.05) is 5.92 Å². The summed E-state index contributed by atoms with van der Waals surface area (Å²) in [5, 5.41) is 0. The zero-order valence-electron chi connectivity index (χ0n) is 5.92. The number of hydrogen-bond acceptors (Lipinski definition) is 1. The lowest BCUT2D eigenvalue weighted by Gasteiger charge is -2.01. The molecule has 1 radical (unpaired) electrons. The van der Waals surface area contributed by atoms with Gasteiger partial charge in [0.05, 0.1) is 6.26 Å². The highest BCUT2D eigenvalue weighted by molar-refractivity contribution is 5.08. The molecule has 1 atom stereocenters. The van der Waals surface area contributed by atoms with Gasteiger partial charge in [-0.2, -0.15) is 0 Å². The van der Waals surface area contributed by atoms with Crippen LogP contribution in [0.5, 0.6) is 0 Å². The zero-order valence-corrected chi connectivity index (χ0v) is 5.92. The summed E-state index contributed by atoms with van der Waals surface area (Å²) in [5.41, 5.74) is 0. The van der Waals surface area contributed by atoms with Crippen molar-refractivity contribution in [1.29, 1.82) is 0 Å². The van der Waals surface area contributed by atoms with Gasteiger partial charge in [-0.1, -0.05) is 0 Å². The quantitative estimate of drug-likeness (QED) is 0.577. The molecule has 10 heavy (non-hydrogen) atoms. The normalized spacial score (nSPS) is 20.0. The van der Waals surface area contributed by atoms with Crippen LogP contribution >= 0.6 is 0 Å². The van der Waals surface area contributed by atoms with Gasteiger partial charge < -0.3 is 4.42 Å². The second kappa shape index (κ2) is 2.49. The van der Waals surface area contributed by atoms with Crippen molar-refractivity contribution in [2.45, 2.75) is 25.2 Å². The van der Waals surface area contributed by atoms with E-state index < -0.39 is 0 Å². The number of hydrogen-bond donors (Lipinski definition) is 0. The Labute approximate surface area is 61.0 Å². The molecule has 1 aliphatic carbocycles. The van der Waals surface area contributed by atoms with Crippen molar-refractivity contribution < 1.29 is 4.42 Å². The van der Waals surface area contributed by atoms with Crippen LogP contribution in [0.1, 0.15) is 30.9 Å². The van der Waals surface area contributed by atoms with Crippen molar-refractivity contribution in [2.24, 2.45) is 0 Å². The molecule has 1 fully saturated rings. The largest absolute Gasteiger partial charge is 0.469 e. The van der Waals surface area contributed by atoms with Gasteiger partial charge in [0.2, 0.25) is 0 Å². The van der Waals surface area contributed by atoms with Gasteiger partial charge in [-0.3, -0.25) is 0 Å². The van der Waals surface area contributed by atoms with Gasteiger partial charge in [0.1, 0.15) is 5.76 Å². The molecule has 2 rings (SSSR count). The van der Waals surface area contributed by atoms with Crippen LogP contribution in [0.4, 0.5) is 0 Å². The van der Waals surface area contributed by atoms with Crippen molar-refractivity contribution in [1.82, 2.24) is 0 Å². The first-order valence-corrected chi connectivity index (χ1v) is 3.82. The highest BCUT2D eigenvalue weighted by atomic mass is 16.3. The van der Waals surface area contributed by atoms with Gasteiger partial charge in [0.15, 0.2) is 0 Å². The molecule has 1 aliphatic rings. The lowest BCUT2D eigenvalue weighted by molar-refractivity contribution is 0.467. The summed E-state index contributed by atoms with van der Waals surface area (Å²) in [7, 11) is 0. The minimum absolute atomic E-state index is 0.676. The van der Waals surface area contributed by atoms with Crippen molar-refractivity contribution in [2.75, 3.05) is 0 Å². The van der Waals surface area contributed by atoms with Gasteiger partial charge in [-0.05, 0) is 37.8 Å². The first-order valence-electron chi connectivity index (χ1n) is 3.82. The molecule has 1 aromatic heterocycles. The third kappa shape index (κ3) is 0.962. The molecule has 53 valence electrons. The molecule has 0 saturated heterocycles. The first kappa shape index (κ1) is 6.02. The third-order valence-electron chi connectivity index (χ3n) is 2.12. The van der Waals surface area contributed by atoms with E-state index in [9.17, 15) is 0 Å². The molecule has 0 aromatic carbocycles. The molecule has 0 N–H and O–H groups in total. The van der Waals surface area contributed by atoms with E-state index in [1.807, 2.05) is 6.07 Å². The van der Waals surface area contributed by atoms with Crippen LogP contribution in [0.25, 0.3) is 0 Å². The predicted octanol–water partition coefficient (Wildman–Crippen LogP) is 2.75. The van der Waals surface area contributed by atoms with E-state index in [-0.39, 0.29) is 0 Å². The fraction of sp³-hybridized carbons (Fsp3) is 0.444. The molecule has 0 amide bonds. The van der Waals surface area contributed by atoms with E-state index in [1.54, 1.807) is 6.26 Å². The summed E-state index contributed by atoms with van der Waals surface area (Å²) in [6.07, 6.45) is 7.83. The van der Waals surface area contributed by atoms with E-state index in [0.29, 0.717) is 5.92 Å². The molecular weight excluding hydrogens is 124 g/mol. The molecule has 1 aromatic rings. The molecule has 0 spiro atoms. The van der Waals surface area contributed by atoms with Gasteiger partial charge >= 0.3 is 0 Å². The lowest BCUT2D eigenvalue weighted by Crippen LogP contribution is -1.87. The van der Waals surface area contributed by atoms with E-state index in [4.69, 9.17) is 4.42 Å². The molecule has 1 heteroatoms. The van der Waals surface area contributed by atoms with Gasteiger partial charge in [-0.25, -0.2) is 0 Å². The first-order chi connectivity index (χ1) is 4.97. The van der Waals surface area contributed by atoms with E-state index in [1.165, 1.54) is 19.3 Å². The van der Waals surface area contributed by atoms with Gasteiger partial charge in [0.25, 0.3) is 0 Å². The van der Waals surface area contributed by atoms with Crippen LogP contribution in [-0.4, -0.2) is 0 Å². The number of furan rings is 1. The van der Waals surface area contributed by atoms with E-state index in [0.717, 1.165) is 5.76 Å². The Hall–Kier alpha value is -0.720. The molecule has 1 nitrogen and oxygen atoms in total. The Balaban J connectivity index is 2.12. The van der Waals surface area contributed by atoms with Crippen LogP contribution in [0.15, 0.2) is 22.8 Å². The van der Waals surface area contributed by atoms with E-state index >= 15 is 0 Å². The summed E-state index contributed by atoms with van der Waals surface area (Å²) in [6, 6.07) is 4.04. The smallest absolute Gasteiger partial charge is 0.106 e. The van der Waals surface area contributed by atoms with Crippen LogP contribution in [-0.2, 0) is 0 Å². The van der Waals surface area contributed by atoms with Crippen LogP contribution in [0, 0.1) is 6.42 Å². The second-order valence-electron chi connectivity index (χ2n) is 2.81. The number of rotatable bonds is 1. The fourth-order valence-corrected chi connectivity index (χ4v) is 1.54. The monoisotopic (exact) mass is 135 g/mol. The van der Waals surface area contributed by atoms with Crippen LogP contribution < -0.4 is 0 Å². The van der Waals surface area contributed by atoms with Crippen LogP contribution in [0.3, 0.4) is 0 Å². The van der Waals surface area contributed by atoms with Crippen molar-refractivity contribution in [3.05, 3.63) is 30.6 Å². The third-order valence-corrected chi connectivity index (χ3v) is 2.12. The molecule has 1 saturated carbocycles. The average molecular weight is 135 g/mol. The Kier molecular flexibility index (Phi) is 1.50. The summed E-state index contributed by atoms with van der Waals surface area (Å²) in [4.78, 5) is 0. The van der Waals surface area contributed by atoms with Gasteiger partial charge in [-0.15, -0.1) is 0 Å². The Morgan fingerprint density at radius 1 is 1.50 bits per heavy atom. The second-order valence-corrected chi connectivity index (χ2v) is 2.81. The molecule has 0 aliphatic heterocycles. The average Bonchev–Trinajstić information content (AvgIpc) is 2.59. The zero-order chi connectivity index (χ0) is 6.81. The highest BCUT2D eigenvalue weighted by Gasteiger charge is 2.18. The molecular formula is C9H11O.